The molecule has 1 aliphatic heterocycles. The molecule has 0 bridgehead atoms. The lowest BCUT2D eigenvalue weighted by Crippen LogP contribution is -2.42. The third-order valence-corrected chi connectivity index (χ3v) is 5.95. The maximum Gasteiger partial charge on any atom is 0.416 e. The Bertz CT molecular complexity index is 1340. The number of alkyl halides is 3. The molecule has 1 atom stereocenters. The highest BCUT2D eigenvalue weighted by atomic mass is 19.4. The first-order valence-electron chi connectivity index (χ1n) is 11.3. The molecule has 10 heteroatoms. The first-order valence-corrected chi connectivity index (χ1v) is 11.3. The van der Waals surface area contributed by atoms with Gasteiger partial charge in [0.1, 0.15) is 17.8 Å². The van der Waals surface area contributed by atoms with Crippen LogP contribution in [0.25, 0.3) is 10.8 Å². The molecule has 3 aromatic carbocycles. The van der Waals surface area contributed by atoms with Crippen LogP contribution in [-0.2, 0) is 21.3 Å². The molecule has 0 unspecified atom stereocenters. The highest BCUT2D eigenvalue weighted by Gasteiger charge is 2.50. The zero-order valence-corrected chi connectivity index (χ0v) is 19.6. The van der Waals surface area contributed by atoms with Gasteiger partial charge in [-0.3, -0.25) is 14.5 Å². The summed E-state index contributed by atoms with van der Waals surface area (Å²) in [5, 5.41) is 6.66. The van der Waals surface area contributed by atoms with Gasteiger partial charge in [-0.05, 0) is 47.9 Å². The number of nitrogens with one attached hydrogen (secondary N) is 2. The molecule has 3 aromatic rings. The summed E-state index contributed by atoms with van der Waals surface area (Å²) in [4.78, 5) is 39.6. The Labute approximate surface area is 205 Å². The van der Waals surface area contributed by atoms with Crippen LogP contribution in [-0.4, -0.2) is 35.9 Å². The fourth-order valence-electron chi connectivity index (χ4n) is 4.16. The van der Waals surface area contributed by atoms with E-state index in [-0.39, 0.29) is 18.0 Å². The van der Waals surface area contributed by atoms with Crippen LogP contribution in [0.2, 0.25) is 0 Å². The summed E-state index contributed by atoms with van der Waals surface area (Å²) >= 11 is 0. The van der Waals surface area contributed by atoms with Crippen molar-refractivity contribution in [1.29, 1.82) is 0 Å². The molecule has 0 spiro atoms. The number of halogens is 3. The van der Waals surface area contributed by atoms with E-state index in [1.807, 2.05) is 37.3 Å². The molecule has 0 saturated carbocycles. The second-order valence-electron chi connectivity index (χ2n) is 8.58. The number of hydrogen-bond donors (Lipinski definition) is 2. The van der Waals surface area contributed by atoms with E-state index in [1.165, 1.54) is 0 Å². The summed E-state index contributed by atoms with van der Waals surface area (Å²) < 4.78 is 45.1. The summed E-state index contributed by atoms with van der Waals surface area (Å²) in [7, 11) is 0. The van der Waals surface area contributed by atoms with E-state index in [2.05, 4.69) is 10.6 Å². The zero-order valence-electron chi connectivity index (χ0n) is 19.6. The summed E-state index contributed by atoms with van der Waals surface area (Å²) in [5.41, 5.74) is -2.04. The van der Waals surface area contributed by atoms with Crippen LogP contribution in [0.5, 0.6) is 5.75 Å². The second-order valence-corrected chi connectivity index (χ2v) is 8.58. The second kappa shape index (κ2) is 9.52. The maximum absolute atomic E-state index is 13.4. The maximum atomic E-state index is 13.4. The molecular formula is C26H24F3N3O4. The number of urea groups is 1. The number of carbonyl (C=O) groups is 3. The van der Waals surface area contributed by atoms with Gasteiger partial charge in [0.2, 0.25) is 5.91 Å². The van der Waals surface area contributed by atoms with E-state index >= 15 is 0 Å². The van der Waals surface area contributed by atoms with Gasteiger partial charge in [0.25, 0.3) is 5.91 Å². The molecule has 36 heavy (non-hydrogen) atoms. The topological polar surface area (TPSA) is 87.7 Å². The molecule has 4 rings (SSSR count). The lowest BCUT2D eigenvalue weighted by molar-refractivity contribution is -0.137. The molecule has 1 heterocycles. The van der Waals surface area contributed by atoms with E-state index in [0.29, 0.717) is 12.0 Å². The van der Waals surface area contributed by atoms with Gasteiger partial charge < -0.3 is 15.4 Å². The highest BCUT2D eigenvalue weighted by Crippen LogP contribution is 2.36. The summed E-state index contributed by atoms with van der Waals surface area (Å²) in [6.45, 7) is 2.92. The molecule has 4 amide bonds. The van der Waals surface area contributed by atoms with E-state index in [0.717, 1.165) is 33.9 Å². The number of fused-ring (bicyclic) bond motifs is 1. The minimum absolute atomic E-state index is 0.0518. The fourth-order valence-corrected chi connectivity index (χ4v) is 4.16. The van der Waals surface area contributed by atoms with Crippen molar-refractivity contribution < 1.29 is 32.3 Å². The minimum atomic E-state index is -4.63. The van der Waals surface area contributed by atoms with Gasteiger partial charge >= 0.3 is 12.2 Å². The Morgan fingerprint density at radius 1 is 1.08 bits per heavy atom. The largest absolute Gasteiger partial charge is 0.491 e. The van der Waals surface area contributed by atoms with E-state index in [4.69, 9.17) is 4.74 Å². The zero-order chi connectivity index (χ0) is 26.1. The van der Waals surface area contributed by atoms with Crippen molar-refractivity contribution in [3.63, 3.8) is 0 Å². The lowest BCUT2D eigenvalue weighted by atomic mass is 9.88. The molecule has 188 valence electrons. The third kappa shape index (κ3) is 4.71. The Balaban J connectivity index is 1.57. The molecule has 0 aromatic heterocycles. The highest BCUT2D eigenvalue weighted by molar-refractivity contribution is 6.11. The molecule has 1 fully saturated rings. The Morgan fingerprint density at radius 2 is 1.81 bits per heavy atom. The third-order valence-electron chi connectivity index (χ3n) is 5.95. The molecule has 0 radical (unpaired) electrons. The number of benzene rings is 3. The average molecular weight is 499 g/mol. The minimum Gasteiger partial charge on any atom is -0.491 e. The van der Waals surface area contributed by atoms with E-state index in [9.17, 15) is 27.6 Å². The predicted octanol–water partition coefficient (Wildman–Crippen LogP) is 5.05. The smallest absolute Gasteiger partial charge is 0.416 e. The average Bonchev–Trinajstić information content (AvgIpc) is 3.05. The normalized spacial score (nSPS) is 17.9. The van der Waals surface area contributed by atoms with Crippen molar-refractivity contribution in [2.45, 2.75) is 32.0 Å². The number of carbonyl (C=O) groups excluding carboxylic acids is 3. The van der Waals surface area contributed by atoms with Crippen molar-refractivity contribution in [3.05, 3.63) is 71.8 Å². The Hall–Kier alpha value is -4.08. The summed E-state index contributed by atoms with van der Waals surface area (Å²) in [5.74, 6) is -1.44. The van der Waals surface area contributed by atoms with Gasteiger partial charge in [-0.1, -0.05) is 49.4 Å². The first-order chi connectivity index (χ1) is 17.0. The van der Waals surface area contributed by atoms with Crippen molar-refractivity contribution in [1.82, 2.24) is 10.2 Å². The summed E-state index contributed by atoms with van der Waals surface area (Å²) in [6.07, 6.45) is -4.03. The monoisotopic (exact) mass is 499 g/mol. The predicted molar refractivity (Wildman–Crippen MR) is 127 cm³/mol. The van der Waals surface area contributed by atoms with Crippen molar-refractivity contribution in [2.24, 2.45) is 0 Å². The van der Waals surface area contributed by atoms with E-state index < -0.39 is 41.7 Å². The number of anilines is 1. The van der Waals surface area contributed by atoms with Crippen molar-refractivity contribution >= 4 is 34.3 Å². The number of amides is 4. The number of hydrogen-bond acceptors (Lipinski definition) is 4. The number of rotatable bonds is 7. The Morgan fingerprint density at radius 3 is 2.53 bits per heavy atom. The molecule has 7 nitrogen and oxygen atoms in total. The Kier molecular flexibility index (Phi) is 6.62. The SMILES string of the molecule is CCCOc1ccc(C(F)(F)F)cc1NC(=O)CN1C(=O)N[C@@](C)(c2cccc3ccccc23)C1=O. The number of ether oxygens (including phenoxy) is 1. The van der Waals surface area contributed by atoms with Gasteiger partial charge in [-0.2, -0.15) is 13.2 Å². The quantitative estimate of drug-likeness (QED) is 0.445. The molecule has 2 N–H and O–H groups in total. The van der Waals surface area contributed by atoms with Crippen LogP contribution in [0.3, 0.4) is 0 Å². The van der Waals surface area contributed by atoms with Crippen LogP contribution in [0.15, 0.2) is 60.7 Å². The lowest BCUT2D eigenvalue weighted by Gasteiger charge is -2.24. The molecule has 0 aliphatic carbocycles. The van der Waals surface area contributed by atoms with Gasteiger partial charge in [0.05, 0.1) is 17.9 Å². The van der Waals surface area contributed by atoms with Crippen LogP contribution in [0.1, 0.15) is 31.4 Å². The summed E-state index contributed by atoms with van der Waals surface area (Å²) in [6, 6.07) is 14.7. The first kappa shape index (κ1) is 25.0. The van der Waals surface area contributed by atoms with Gasteiger partial charge in [-0.15, -0.1) is 0 Å². The molecule has 1 saturated heterocycles. The van der Waals surface area contributed by atoms with Crippen LogP contribution in [0, 0.1) is 0 Å². The number of imide groups is 1. The standard InChI is InChI=1S/C26H24F3N3O4/c1-3-13-36-21-12-11-17(26(27,28)29)14-20(21)30-22(33)15-32-23(34)25(2,31-24(32)35)19-10-6-8-16-7-4-5-9-18(16)19/h4-12,14H,3,13,15H2,1-2H3,(H,30,33)(H,31,35)/t25-/m0/s1. The molecular weight excluding hydrogens is 475 g/mol. The fraction of sp³-hybridized carbons (Fsp3) is 0.269. The van der Waals surface area contributed by atoms with Crippen molar-refractivity contribution in [2.75, 3.05) is 18.5 Å². The van der Waals surface area contributed by atoms with Crippen LogP contribution >= 0.6 is 0 Å². The van der Waals surface area contributed by atoms with Crippen molar-refractivity contribution in [3.8, 4) is 5.75 Å². The van der Waals surface area contributed by atoms with Gasteiger partial charge in [0, 0.05) is 0 Å². The molecule has 1 aliphatic rings. The van der Waals surface area contributed by atoms with Crippen LogP contribution in [0.4, 0.5) is 23.7 Å². The van der Waals surface area contributed by atoms with E-state index in [1.54, 1.807) is 19.1 Å². The van der Waals surface area contributed by atoms with Gasteiger partial charge in [-0.25, -0.2) is 4.79 Å². The van der Waals surface area contributed by atoms with Crippen LogP contribution < -0.4 is 15.4 Å². The number of nitrogens with zero attached hydrogens (tertiary/aromatic N) is 1. The van der Waals surface area contributed by atoms with Gasteiger partial charge in [0.15, 0.2) is 0 Å².